The maximum atomic E-state index is 5.63. The SMILES string of the molecule is CCCc1ccc(OCCNC(C)C)cc1. The van der Waals surface area contributed by atoms with E-state index in [9.17, 15) is 0 Å². The van der Waals surface area contributed by atoms with Crippen LogP contribution >= 0.6 is 0 Å². The molecule has 0 unspecified atom stereocenters. The zero-order valence-electron chi connectivity index (χ0n) is 10.6. The molecule has 1 N–H and O–H groups in total. The van der Waals surface area contributed by atoms with Gasteiger partial charge in [0.05, 0.1) is 0 Å². The van der Waals surface area contributed by atoms with Gasteiger partial charge in [-0.05, 0) is 24.1 Å². The van der Waals surface area contributed by atoms with Crippen LogP contribution in [0.5, 0.6) is 5.75 Å². The lowest BCUT2D eigenvalue weighted by Gasteiger charge is -2.10. The molecule has 0 spiro atoms. The average molecular weight is 221 g/mol. The predicted molar refractivity (Wildman–Crippen MR) is 69.1 cm³/mol. The van der Waals surface area contributed by atoms with Crippen molar-refractivity contribution in [1.29, 1.82) is 0 Å². The van der Waals surface area contributed by atoms with E-state index in [1.165, 1.54) is 12.0 Å². The zero-order chi connectivity index (χ0) is 11.8. The van der Waals surface area contributed by atoms with Crippen molar-refractivity contribution >= 4 is 0 Å². The lowest BCUT2D eigenvalue weighted by atomic mass is 10.1. The van der Waals surface area contributed by atoms with Crippen molar-refractivity contribution < 1.29 is 4.74 Å². The predicted octanol–water partition coefficient (Wildman–Crippen LogP) is 3.02. The molecule has 90 valence electrons. The highest BCUT2D eigenvalue weighted by Crippen LogP contribution is 2.12. The smallest absolute Gasteiger partial charge is 0.119 e. The van der Waals surface area contributed by atoms with Crippen LogP contribution < -0.4 is 10.1 Å². The van der Waals surface area contributed by atoms with Gasteiger partial charge in [0.2, 0.25) is 0 Å². The second-order valence-corrected chi connectivity index (χ2v) is 4.35. The van der Waals surface area contributed by atoms with Crippen molar-refractivity contribution in [3.8, 4) is 5.75 Å². The lowest BCUT2D eigenvalue weighted by molar-refractivity contribution is 0.309. The Morgan fingerprint density at radius 2 is 1.88 bits per heavy atom. The van der Waals surface area contributed by atoms with Gasteiger partial charge in [0.25, 0.3) is 0 Å². The highest BCUT2D eigenvalue weighted by Gasteiger charge is 1.96. The monoisotopic (exact) mass is 221 g/mol. The number of rotatable bonds is 7. The third-order valence-corrected chi connectivity index (χ3v) is 2.39. The fourth-order valence-electron chi connectivity index (χ4n) is 1.56. The maximum Gasteiger partial charge on any atom is 0.119 e. The summed E-state index contributed by atoms with van der Waals surface area (Å²) in [6, 6.07) is 8.93. The number of hydrogen-bond donors (Lipinski definition) is 1. The minimum absolute atomic E-state index is 0.524. The normalized spacial score (nSPS) is 10.8. The van der Waals surface area contributed by atoms with E-state index in [1.807, 2.05) is 0 Å². The Bertz CT molecular complexity index is 279. The van der Waals surface area contributed by atoms with Gasteiger partial charge in [-0.1, -0.05) is 39.3 Å². The van der Waals surface area contributed by atoms with Crippen LogP contribution in [-0.4, -0.2) is 19.2 Å². The molecule has 0 aromatic heterocycles. The van der Waals surface area contributed by atoms with Gasteiger partial charge in [0.15, 0.2) is 0 Å². The fourth-order valence-corrected chi connectivity index (χ4v) is 1.56. The van der Waals surface area contributed by atoms with E-state index in [-0.39, 0.29) is 0 Å². The van der Waals surface area contributed by atoms with Gasteiger partial charge in [0.1, 0.15) is 12.4 Å². The minimum Gasteiger partial charge on any atom is -0.492 e. The molecule has 0 amide bonds. The van der Waals surface area contributed by atoms with E-state index in [0.29, 0.717) is 6.04 Å². The molecule has 1 rings (SSSR count). The summed E-state index contributed by atoms with van der Waals surface area (Å²) in [5.41, 5.74) is 1.38. The molecule has 0 saturated heterocycles. The molecule has 1 aromatic carbocycles. The van der Waals surface area contributed by atoms with Crippen molar-refractivity contribution in [2.45, 2.75) is 39.7 Å². The molecular formula is C14H23NO. The Morgan fingerprint density at radius 1 is 1.19 bits per heavy atom. The summed E-state index contributed by atoms with van der Waals surface area (Å²) in [5, 5.41) is 3.32. The number of nitrogens with one attached hydrogen (secondary N) is 1. The number of benzene rings is 1. The van der Waals surface area contributed by atoms with E-state index in [0.717, 1.165) is 25.3 Å². The molecular weight excluding hydrogens is 198 g/mol. The summed E-state index contributed by atoms with van der Waals surface area (Å²) < 4.78 is 5.63. The van der Waals surface area contributed by atoms with Crippen LogP contribution in [0.3, 0.4) is 0 Å². The van der Waals surface area contributed by atoms with Gasteiger partial charge in [-0.15, -0.1) is 0 Å². The van der Waals surface area contributed by atoms with Gasteiger partial charge >= 0.3 is 0 Å². The molecule has 0 heterocycles. The number of ether oxygens (including phenoxy) is 1. The number of aryl methyl sites for hydroxylation is 1. The molecule has 1 aromatic rings. The molecule has 0 bridgehead atoms. The molecule has 0 fully saturated rings. The Labute approximate surface area is 99.0 Å². The van der Waals surface area contributed by atoms with Crippen LogP contribution in [-0.2, 0) is 6.42 Å². The van der Waals surface area contributed by atoms with Gasteiger partial charge in [-0.2, -0.15) is 0 Å². The van der Waals surface area contributed by atoms with Crippen LogP contribution in [0.1, 0.15) is 32.8 Å². The quantitative estimate of drug-likeness (QED) is 0.715. The van der Waals surface area contributed by atoms with Crippen molar-refractivity contribution in [1.82, 2.24) is 5.32 Å². The third-order valence-electron chi connectivity index (χ3n) is 2.39. The first kappa shape index (κ1) is 13.0. The Balaban J connectivity index is 2.26. The third kappa shape index (κ3) is 5.17. The van der Waals surface area contributed by atoms with Gasteiger partial charge < -0.3 is 10.1 Å². The van der Waals surface area contributed by atoms with Crippen LogP contribution in [0.4, 0.5) is 0 Å². The molecule has 16 heavy (non-hydrogen) atoms. The van der Waals surface area contributed by atoms with Crippen molar-refractivity contribution in [3.05, 3.63) is 29.8 Å². The topological polar surface area (TPSA) is 21.3 Å². The first-order valence-electron chi connectivity index (χ1n) is 6.17. The molecule has 0 radical (unpaired) electrons. The van der Waals surface area contributed by atoms with E-state index < -0.39 is 0 Å². The maximum absolute atomic E-state index is 5.63. The van der Waals surface area contributed by atoms with Crippen LogP contribution in [0.25, 0.3) is 0 Å². The van der Waals surface area contributed by atoms with E-state index in [4.69, 9.17) is 4.74 Å². The molecule has 0 aliphatic heterocycles. The fraction of sp³-hybridized carbons (Fsp3) is 0.571. The molecule has 0 saturated carbocycles. The van der Waals surface area contributed by atoms with E-state index >= 15 is 0 Å². The minimum atomic E-state index is 0.524. The second kappa shape index (κ2) is 7.29. The molecule has 0 atom stereocenters. The standard InChI is InChI=1S/C14H23NO/c1-4-5-13-6-8-14(9-7-13)16-11-10-15-12(2)3/h6-9,12,15H,4-5,10-11H2,1-3H3. The summed E-state index contributed by atoms with van der Waals surface area (Å²) in [6.07, 6.45) is 2.34. The van der Waals surface area contributed by atoms with Crippen molar-refractivity contribution in [2.24, 2.45) is 0 Å². The first-order chi connectivity index (χ1) is 7.72. The zero-order valence-corrected chi connectivity index (χ0v) is 10.6. The van der Waals surface area contributed by atoms with Crippen LogP contribution in [0.2, 0.25) is 0 Å². The molecule has 2 nitrogen and oxygen atoms in total. The van der Waals surface area contributed by atoms with Gasteiger partial charge in [0, 0.05) is 12.6 Å². The summed E-state index contributed by atoms with van der Waals surface area (Å²) in [5.74, 6) is 0.963. The summed E-state index contributed by atoms with van der Waals surface area (Å²) >= 11 is 0. The largest absolute Gasteiger partial charge is 0.492 e. The Hall–Kier alpha value is -1.02. The van der Waals surface area contributed by atoms with Crippen LogP contribution in [0.15, 0.2) is 24.3 Å². The summed E-state index contributed by atoms with van der Waals surface area (Å²) in [6.45, 7) is 8.10. The summed E-state index contributed by atoms with van der Waals surface area (Å²) in [7, 11) is 0. The first-order valence-corrected chi connectivity index (χ1v) is 6.17. The highest BCUT2D eigenvalue weighted by atomic mass is 16.5. The van der Waals surface area contributed by atoms with Crippen molar-refractivity contribution in [3.63, 3.8) is 0 Å². The molecule has 2 heteroatoms. The van der Waals surface area contributed by atoms with Crippen molar-refractivity contribution in [2.75, 3.05) is 13.2 Å². The lowest BCUT2D eigenvalue weighted by Crippen LogP contribution is -2.27. The Kier molecular flexibility index (Phi) is 5.94. The molecule has 0 aliphatic rings. The van der Waals surface area contributed by atoms with Gasteiger partial charge in [-0.3, -0.25) is 0 Å². The second-order valence-electron chi connectivity index (χ2n) is 4.35. The molecule has 0 aliphatic carbocycles. The van der Waals surface area contributed by atoms with Gasteiger partial charge in [-0.25, -0.2) is 0 Å². The van der Waals surface area contributed by atoms with E-state index in [1.54, 1.807) is 0 Å². The highest BCUT2D eigenvalue weighted by molar-refractivity contribution is 5.27. The summed E-state index contributed by atoms with van der Waals surface area (Å²) in [4.78, 5) is 0. The van der Waals surface area contributed by atoms with Crippen LogP contribution in [0, 0.1) is 0 Å². The van der Waals surface area contributed by atoms with E-state index in [2.05, 4.69) is 50.4 Å². The average Bonchev–Trinajstić information content (AvgIpc) is 2.27. The number of hydrogen-bond acceptors (Lipinski definition) is 2. The Morgan fingerprint density at radius 3 is 2.44 bits per heavy atom.